The SMILES string of the molecule is CCCc1nnc2n1N[C@@H](c1ccccc1)[C@H](C(=O)Nc1ccc(CC)cc1)S2. The third kappa shape index (κ3) is 4.15. The van der Waals surface area contributed by atoms with Crippen molar-refractivity contribution < 1.29 is 4.79 Å². The van der Waals surface area contributed by atoms with E-state index in [4.69, 9.17) is 0 Å². The zero-order chi connectivity index (χ0) is 20.2. The summed E-state index contributed by atoms with van der Waals surface area (Å²) in [6.45, 7) is 4.23. The second-order valence-electron chi connectivity index (χ2n) is 7.08. The highest BCUT2D eigenvalue weighted by atomic mass is 32.2. The van der Waals surface area contributed by atoms with Crippen LogP contribution in [0.25, 0.3) is 0 Å². The second kappa shape index (κ2) is 8.69. The molecule has 0 radical (unpaired) electrons. The Bertz CT molecular complexity index is 971. The highest BCUT2D eigenvalue weighted by Gasteiger charge is 2.37. The van der Waals surface area contributed by atoms with E-state index >= 15 is 0 Å². The number of carbonyl (C=O) groups is 1. The number of benzene rings is 2. The maximum atomic E-state index is 13.2. The van der Waals surface area contributed by atoms with Gasteiger partial charge in [-0.3, -0.25) is 4.79 Å². The lowest BCUT2D eigenvalue weighted by atomic mass is 10.0. The Labute approximate surface area is 175 Å². The minimum atomic E-state index is -0.366. The van der Waals surface area contributed by atoms with E-state index in [1.165, 1.54) is 17.3 Å². The first-order valence-electron chi connectivity index (χ1n) is 10.0. The molecule has 2 aromatic carbocycles. The Kier molecular flexibility index (Phi) is 5.85. The number of hydrogen-bond acceptors (Lipinski definition) is 5. The van der Waals surface area contributed by atoms with Gasteiger partial charge in [0.25, 0.3) is 0 Å². The fourth-order valence-corrected chi connectivity index (χ4v) is 4.53. The lowest BCUT2D eigenvalue weighted by Crippen LogP contribution is -2.41. The number of rotatable bonds is 6. The van der Waals surface area contributed by atoms with Gasteiger partial charge in [0.15, 0.2) is 5.82 Å². The Balaban J connectivity index is 1.62. The third-order valence-corrected chi connectivity index (χ3v) is 6.24. The molecule has 0 fully saturated rings. The maximum absolute atomic E-state index is 13.2. The van der Waals surface area contributed by atoms with Gasteiger partial charge in [-0.2, -0.15) is 0 Å². The fourth-order valence-electron chi connectivity index (χ4n) is 3.43. The van der Waals surface area contributed by atoms with E-state index in [1.807, 2.05) is 59.3 Å². The minimum Gasteiger partial charge on any atom is -0.325 e. The number of nitrogens with zero attached hydrogens (tertiary/aromatic N) is 3. The van der Waals surface area contributed by atoms with Crippen LogP contribution in [0.4, 0.5) is 5.69 Å². The molecule has 0 bridgehead atoms. The van der Waals surface area contributed by atoms with Crippen LogP contribution in [-0.2, 0) is 17.6 Å². The summed E-state index contributed by atoms with van der Waals surface area (Å²) >= 11 is 1.46. The van der Waals surface area contributed by atoms with E-state index in [1.54, 1.807) is 0 Å². The van der Waals surface area contributed by atoms with Crippen LogP contribution in [-0.4, -0.2) is 26.0 Å². The molecule has 1 aromatic heterocycles. The first kappa shape index (κ1) is 19.5. The molecule has 0 saturated heterocycles. The number of thioether (sulfide) groups is 1. The number of aryl methyl sites for hydroxylation is 2. The van der Waals surface area contributed by atoms with Gasteiger partial charge >= 0.3 is 0 Å². The van der Waals surface area contributed by atoms with Gasteiger partial charge < -0.3 is 10.7 Å². The van der Waals surface area contributed by atoms with Crippen LogP contribution in [0.15, 0.2) is 59.8 Å². The van der Waals surface area contributed by atoms with Crippen molar-refractivity contribution in [1.82, 2.24) is 14.9 Å². The highest BCUT2D eigenvalue weighted by molar-refractivity contribution is 8.00. The smallest absolute Gasteiger partial charge is 0.240 e. The lowest BCUT2D eigenvalue weighted by Gasteiger charge is -2.33. The molecule has 29 heavy (non-hydrogen) atoms. The molecular weight excluding hydrogens is 382 g/mol. The molecule has 6 nitrogen and oxygen atoms in total. The number of aromatic nitrogens is 3. The van der Waals surface area contributed by atoms with Crippen molar-refractivity contribution >= 4 is 23.4 Å². The Morgan fingerprint density at radius 3 is 2.55 bits per heavy atom. The number of fused-ring (bicyclic) bond motifs is 1. The summed E-state index contributed by atoms with van der Waals surface area (Å²) in [5.41, 5.74) is 6.60. The summed E-state index contributed by atoms with van der Waals surface area (Å²) in [7, 11) is 0. The normalized spacial score (nSPS) is 18.0. The molecular formula is C22H25N5OS. The summed E-state index contributed by atoms with van der Waals surface area (Å²) < 4.78 is 1.94. The molecule has 0 aliphatic carbocycles. The largest absolute Gasteiger partial charge is 0.325 e. The van der Waals surface area contributed by atoms with Crippen molar-refractivity contribution in [2.45, 2.75) is 49.6 Å². The van der Waals surface area contributed by atoms with E-state index in [9.17, 15) is 4.79 Å². The lowest BCUT2D eigenvalue weighted by molar-refractivity contribution is -0.116. The number of anilines is 1. The quantitative estimate of drug-likeness (QED) is 0.641. The van der Waals surface area contributed by atoms with E-state index in [-0.39, 0.29) is 17.2 Å². The Morgan fingerprint density at radius 2 is 1.86 bits per heavy atom. The van der Waals surface area contributed by atoms with Crippen molar-refractivity contribution in [3.63, 3.8) is 0 Å². The topological polar surface area (TPSA) is 71.8 Å². The highest BCUT2D eigenvalue weighted by Crippen LogP contribution is 2.37. The number of nitrogens with one attached hydrogen (secondary N) is 2. The molecule has 2 heterocycles. The van der Waals surface area contributed by atoms with E-state index in [0.717, 1.165) is 41.5 Å². The zero-order valence-corrected chi connectivity index (χ0v) is 17.4. The van der Waals surface area contributed by atoms with Crippen molar-refractivity contribution in [1.29, 1.82) is 0 Å². The van der Waals surface area contributed by atoms with Crippen LogP contribution in [0.2, 0.25) is 0 Å². The van der Waals surface area contributed by atoms with Gasteiger partial charge in [0.2, 0.25) is 11.1 Å². The van der Waals surface area contributed by atoms with Gasteiger partial charge in [-0.05, 0) is 36.1 Å². The molecule has 0 unspecified atom stereocenters. The molecule has 150 valence electrons. The van der Waals surface area contributed by atoms with Crippen LogP contribution < -0.4 is 10.7 Å². The molecule has 7 heteroatoms. The van der Waals surface area contributed by atoms with Gasteiger partial charge in [0.05, 0.1) is 6.04 Å². The molecule has 2 atom stereocenters. The molecule has 1 aliphatic rings. The van der Waals surface area contributed by atoms with Crippen LogP contribution >= 0.6 is 11.8 Å². The molecule has 4 rings (SSSR count). The standard InChI is InChI=1S/C22H25N5OS/c1-3-8-18-24-25-22-27(18)26-19(16-9-6-5-7-10-16)20(29-22)21(28)23-17-13-11-15(4-2)12-14-17/h5-7,9-14,19-20,26H,3-4,8H2,1-2H3,(H,23,28)/t19-,20+/m0/s1. The zero-order valence-electron chi connectivity index (χ0n) is 16.6. The Hall–Kier alpha value is -2.80. The van der Waals surface area contributed by atoms with Crippen LogP contribution in [0, 0.1) is 0 Å². The molecule has 3 aromatic rings. The van der Waals surface area contributed by atoms with Crippen molar-refractivity contribution in [2.24, 2.45) is 0 Å². The van der Waals surface area contributed by atoms with Gasteiger partial charge in [-0.15, -0.1) is 10.2 Å². The third-order valence-electron chi connectivity index (χ3n) is 5.02. The summed E-state index contributed by atoms with van der Waals surface area (Å²) in [6, 6.07) is 17.9. The molecule has 1 aliphatic heterocycles. The monoisotopic (exact) mass is 407 g/mol. The summed E-state index contributed by atoms with van der Waals surface area (Å²) in [4.78, 5) is 13.2. The average Bonchev–Trinajstić information content (AvgIpc) is 3.16. The molecule has 1 amide bonds. The van der Waals surface area contributed by atoms with Crippen LogP contribution in [0.5, 0.6) is 0 Å². The molecule has 2 N–H and O–H groups in total. The number of amides is 1. The summed E-state index contributed by atoms with van der Waals surface area (Å²) in [5, 5.41) is 12.0. The van der Waals surface area contributed by atoms with Gasteiger partial charge in [-0.25, -0.2) is 4.68 Å². The Morgan fingerprint density at radius 1 is 1.10 bits per heavy atom. The van der Waals surface area contributed by atoms with Crippen molar-refractivity contribution in [3.8, 4) is 0 Å². The summed E-state index contributed by atoms with van der Waals surface area (Å²) in [6.07, 6.45) is 2.79. The number of hydrogen-bond donors (Lipinski definition) is 2. The predicted octanol–water partition coefficient (Wildman–Crippen LogP) is 4.19. The van der Waals surface area contributed by atoms with Crippen molar-refractivity contribution in [2.75, 3.05) is 10.7 Å². The minimum absolute atomic E-state index is 0.0492. The average molecular weight is 408 g/mol. The number of carbonyl (C=O) groups excluding carboxylic acids is 1. The first-order valence-corrected chi connectivity index (χ1v) is 10.9. The van der Waals surface area contributed by atoms with Gasteiger partial charge in [0.1, 0.15) is 5.25 Å². The van der Waals surface area contributed by atoms with Crippen molar-refractivity contribution in [3.05, 3.63) is 71.5 Å². The maximum Gasteiger partial charge on any atom is 0.240 e. The van der Waals surface area contributed by atoms with E-state index in [2.05, 4.69) is 34.8 Å². The fraction of sp³-hybridized carbons (Fsp3) is 0.318. The van der Waals surface area contributed by atoms with E-state index < -0.39 is 0 Å². The van der Waals surface area contributed by atoms with Crippen LogP contribution in [0.1, 0.15) is 43.3 Å². The molecule has 0 spiro atoms. The predicted molar refractivity (Wildman–Crippen MR) is 117 cm³/mol. The summed E-state index contributed by atoms with van der Waals surface area (Å²) in [5.74, 6) is 0.844. The first-order chi connectivity index (χ1) is 14.2. The van der Waals surface area contributed by atoms with E-state index in [0.29, 0.717) is 0 Å². The second-order valence-corrected chi connectivity index (χ2v) is 8.19. The van der Waals surface area contributed by atoms with Gasteiger partial charge in [0, 0.05) is 12.1 Å². The van der Waals surface area contributed by atoms with Crippen LogP contribution in [0.3, 0.4) is 0 Å². The van der Waals surface area contributed by atoms with Gasteiger partial charge in [-0.1, -0.05) is 68.1 Å². The molecule has 0 saturated carbocycles.